The van der Waals surface area contributed by atoms with E-state index in [0.717, 1.165) is 44.7 Å². The van der Waals surface area contributed by atoms with E-state index >= 15 is 0 Å². The summed E-state index contributed by atoms with van der Waals surface area (Å²) >= 11 is 0. The molecule has 0 aromatic rings. The van der Waals surface area contributed by atoms with Crippen LogP contribution in [0.5, 0.6) is 0 Å². The minimum atomic E-state index is 0.358. The lowest BCUT2D eigenvalue weighted by Crippen LogP contribution is -2.42. The molecule has 0 aliphatic carbocycles. The smallest absolute Gasteiger partial charge is 0.0616 e. The summed E-state index contributed by atoms with van der Waals surface area (Å²) < 4.78 is 11.4. The van der Waals surface area contributed by atoms with Gasteiger partial charge in [-0.2, -0.15) is 0 Å². The molecule has 2 heterocycles. The molecule has 0 bridgehead atoms. The van der Waals surface area contributed by atoms with Gasteiger partial charge in [0.15, 0.2) is 0 Å². The molecule has 0 aromatic heterocycles. The SMILES string of the molecule is CC(C)CNCC1(CC2CCOCC2)CCOC1C. The second-order valence-corrected chi connectivity index (χ2v) is 6.91. The average molecular weight is 269 g/mol. The van der Waals surface area contributed by atoms with Crippen LogP contribution >= 0.6 is 0 Å². The number of hydrogen-bond donors (Lipinski definition) is 1. The van der Waals surface area contributed by atoms with Gasteiger partial charge in [0, 0.05) is 31.8 Å². The predicted molar refractivity (Wildman–Crippen MR) is 78.3 cm³/mol. The van der Waals surface area contributed by atoms with Gasteiger partial charge in [0.05, 0.1) is 6.10 Å². The second-order valence-electron chi connectivity index (χ2n) is 6.91. The van der Waals surface area contributed by atoms with E-state index in [1.54, 1.807) is 0 Å². The molecule has 0 radical (unpaired) electrons. The maximum Gasteiger partial charge on any atom is 0.0616 e. The van der Waals surface area contributed by atoms with Crippen LogP contribution in [0.4, 0.5) is 0 Å². The quantitative estimate of drug-likeness (QED) is 0.804. The molecule has 2 unspecified atom stereocenters. The van der Waals surface area contributed by atoms with Gasteiger partial charge in [-0.15, -0.1) is 0 Å². The minimum absolute atomic E-state index is 0.358. The van der Waals surface area contributed by atoms with E-state index in [1.165, 1.54) is 25.7 Å². The Kier molecular flexibility index (Phi) is 5.67. The molecule has 3 heteroatoms. The van der Waals surface area contributed by atoms with E-state index in [4.69, 9.17) is 9.47 Å². The second kappa shape index (κ2) is 7.05. The normalized spacial score (nSPS) is 33.2. The molecular weight excluding hydrogens is 238 g/mol. The molecule has 0 spiro atoms. The summed E-state index contributed by atoms with van der Waals surface area (Å²) in [4.78, 5) is 0. The van der Waals surface area contributed by atoms with Gasteiger partial charge in [0.25, 0.3) is 0 Å². The summed E-state index contributed by atoms with van der Waals surface area (Å²) in [6, 6.07) is 0. The van der Waals surface area contributed by atoms with Crippen molar-refractivity contribution in [3.63, 3.8) is 0 Å². The van der Waals surface area contributed by atoms with Gasteiger partial charge >= 0.3 is 0 Å². The fraction of sp³-hybridized carbons (Fsp3) is 1.00. The monoisotopic (exact) mass is 269 g/mol. The zero-order valence-corrected chi connectivity index (χ0v) is 12.9. The van der Waals surface area contributed by atoms with Crippen molar-refractivity contribution in [1.82, 2.24) is 5.32 Å². The summed E-state index contributed by atoms with van der Waals surface area (Å²) in [5.74, 6) is 1.55. The highest BCUT2D eigenvalue weighted by Gasteiger charge is 2.42. The fourth-order valence-electron chi connectivity index (χ4n) is 3.53. The van der Waals surface area contributed by atoms with Gasteiger partial charge in [-0.3, -0.25) is 0 Å². The Morgan fingerprint density at radius 1 is 1.21 bits per heavy atom. The van der Waals surface area contributed by atoms with Crippen molar-refractivity contribution in [2.45, 2.75) is 52.6 Å². The van der Waals surface area contributed by atoms with Gasteiger partial charge in [-0.25, -0.2) is 0 Å². The molecule has 1 N–H and O–H groups in total. The Hall–Kier alpha value is -0.120. The highest BCUT2D eigenvalue weighted by molar-refractivity contribution is 4.93. The number of rotatable bonds is 6. The molecule has 0 amide bonds. The molecule has 2 aliphatic rings. The van der Waals surface area contributed by atoms with Crippen molar-refractivity contribution in [2.24, 2.45) is 17.3 Å². The maximum absolute atomic E-state index is 5.90. The van der Waals surface area contributed by atoms with Crippen molar-refractivity contribution in [1.29, 1.82) is 0 Å². The molecule has 2 atom stereocenters. The first kappa shape index (κ1) is 15.3. The molecule has 19 heavy (non-hydrogen) atoms. The van der Waals surface area contributed by atoms with Gasteiger partial charge in [0.2, 0.25) is 0 Å². The average Bonchev–Trinajstić information content (AvgIpc) is 2.72. The zero-order chi connectivity index (χ0) is 13.7. The standard InChI is InChI=1S/C16H31NO2/c1-13(2)11-17-12-16(6-9-19-14(16)3)10-15-4-7-18-8-5-15/h13-15,17H,4-12H2,1-3H3. The van der Waals surface area contributed by atoms with Crippen LogP contribution in [0.3, 0.4) is 0 Å². The lowest BCUT2D eigenvalue weighted by Gasteiger charge is -2.37. The van der Waals surface area contributed by atoms with Crippen LogP contribution in [-0.4, -0.2) is 39.0 Å². The van der Waals surface area contributed by atoms with Crippen LogP contribution < -0.4 is 5.32 Å². The third-order valence-electron chi connectivity index (χ3n) is 4.90. The van der Waals surface area contributed by atoms with Gasteiger partial charge in [-0.1, -0.05) is 13.8 Å². The molecule has 0 aromatic carbocycles. The maximum atomic E-state index is 5.90. The van der Waals surface area contributed by atoms with Crippen molar-refractivity contribution >= 4 is 0 Å². The molecule has 2 rings (SSSR count). The van der Waals surface area contributed by atoms with E-state index < -0.39 is 0 Å². The Labute approximate surface area is 118 Å². The molecule has 2 aliphatic heterocycles. The number of ether oxygens (including phenoxy) is 2. The highest BCUT2D eigenvalue weighted by Crippen LogP contribution is 2.42. The third-order valence-corrected chi connectivity index (χ3v) is 4.90. The highest BCUT2D eigenvalue weighted by atomic mass is 16.5. The van der Waals surface area contributed by atoms with Crippen LogP contribution in [0.15, 0.2) is 0 Å². The first-order chi connectivity index (χ1) is 9.12. The van der Waals surface area contributed by atoms with E-state index in [1.807, 2.05) is 0 Å². The Morgan fingerprint density at radius 2 is 1.95 bits per heavy atom. The van der Waals surface area contributed by atoms with Gasteiger partial charge < -0.3 is 14.8 Å². The number of hydrogen-bond acceptors (Lipinski definition) is 3. The van der Waals surface area contributed by atoms with E-state index in [0.29, 0.717) is 11.5 Å². The summed E-state index contributed by atoms with van der Waals surface area (Å²) in [6.07, 6.45) is 5.39. The van der Waals surface area contributed by atoms with Crippen molar-refractivity contribution < 1.29 is 9.47 Å². The van der Waals surface area contributed by atoms with Crippen LogP contribution in [0, 0.1) is 17.3 Å². The van der Waals surface area contributed by atoms with Crippen molar-refractivity contribution in [2.75, 3.05) is 32.9 Å². The lowest BCUT2D eigenvalue weighted by molar-refractivity contribution is 0.0176. The van der Waals surface area contributed by atoms with Crippen LogP contribution in [0.25, 0.3) is 0 Å². The largest absolute Gasteiger partial charge is 0.381 e. The van der Waals surface area contributed by atoms with Crippen molar-refractivity contribution in [3.8, 4) is 0 Å². The summed E-state index contributed by atoms with van der Waals surface area (Å²) in [7, 11) is 0. The Balaban J connectivity index is 1.90. The zero-order valence-electron chi connectivity index (χ0n) is 12.9. The summed E-state index contributed by atoms with van der Waals surface area (Å²) in [5.41, 5.74) is 0.358. The molecule has 0 saturated carbocycles. The van der Waals surface area contributed by atoms with Crippen LogP contribution in [-0.2, 0) is 9.47 Å². The van der Waals surface area contributed by atoms with E-state index in [2.05, 4.69) is 26.1 Å². The Bertz CT molecular complexity index is 263. The van der Waals surface area contributed by atoms with E-state index in [9.17, 15) is 0 Å². The topological polar surface area (TPSA) is 30.5 Å². The molecule has 112 valence electrons. The lowest BCUT2D eigenvalue weighted by atomic mass is 9.72. The van der Waals surface area contributed by atoms with Crippen LogP contribution in [0.2, 0.25) is 0 Å². The molecule has 3 nitrogen and oxygen atoms in total. The van der Waals surface area contributed by atoms with Gasteiger partial charge in [-0.05, 0) is 51.0 Å². The minimum Gasteiger partial charge on any atom is -0.381 e. The van der Waals surface area contributed by atoms with Crippen LogP contribution in [0.1, 0.15) is 46.5 Å². The summed E-state index contributed by atoms with van der Waals surface area (Å²) in [5, 5.41) is 3.68. The summed E-state index contributed by atoms with van der Waals surface area (Å²) in [6.45, 7) is 11.9. The number of nitrogens with one attached hydrogen (secondary N) is 1. The van der Waals surface area contributed by atoms with E-state index in [-0.39, 0.29) is 0 Å². The first-order valence-corrected chi connectivity index (χ1v) is 8.02. The first-order valence-electron chi connectivity index (χ1n) is 8.02. The predicted octanol–water partition coefficient (Wildman–Crippen LogP) is 2.84. The van der Waals surface area contributed by atoms with Gasteiger partial charge in [0.1, 0.15) is 0 Å². The molecular formula is C16H31NO2. The Morgan fingerprint density at radius 3 is 2.53 bits per heavy atom. The molecule has 2 fully saturated rings. The molecule has 2 saturated heterocycles. The fourth-order valence-corrected chi connectivity index (χ4v) is 3.53. The van der Waals surface area contributed by atoms with Crippen molar-refractivity contribution in [3.05, 3.63) is 0 Å². The third kappa shape index (κ3) is 4.17.